The minimum Gasteiger partial charge on any atom is -0.389 e. The van der Waals surface area contributed by atoms with Gasteiger partial charge in [0, 0.05) is 19.2 Å². The van der Waals surface area contributed by atoms with Crippen LogP contribution in [0, 0.1) is 5.92 Å². The molecule has 1 unspecified atom stereocenters. The van der Waals surface area contributed by atoms with E-state index >= 15 is 0 Å². The smallest absolute Gasteiger partial charge is 0.0741 e. The third-order valence-corrected chi connectivity index (χ3v) is 2.21. The van der Waals surface area contributed by atoms with Gasteiger partial charge in [-0.05, 0) is 26.7 Å². The molecule has 0 spiro atoms. The lowest BCUT2D eigenvalue weighted by atomic mass is 10.0. The van der Waals surface area contributed by atoms with E-state index in [1.807, 2.05) is 6.92 Å². The van der Waals surface area contributed by atoms with Crippen LogP contribution in [0.5, 0.6) is 0 Å². The van der Waals surface area contributed by atoms with E-state index in [-0.39, 0.29) is 6.04 Å². The molecule has 0 aromatic carbocycles. The molecule has 1 atom stereocenters. The van der Waals surface area contributed by atoms with Crippen LogP contribution in [0.2, 0.25) is 0 Å². The van der Waals surface area contributed by atoms with Gasteiger partial charge in [-0.1, -0.05) is 13.8 Å². The molecule has 0 fully saturated rings. The Bertz CT molecular complexity index is 141. The van der Waals surface area contributed by atoms with Crippen molar-refractivity contribution in [2.45, 2.75) is 46.3 Å². The fourth-order valence-electron chi connectivity index (χ4n) is 0.916. The summed E-state index contributed by atoms with van der Waals surface area (Å²) in [6.07, 6.45) is 0. The third kappa shape index (κ3) is 7.30. The van der Waals surface area contributed by atoms with Crippen molar-refractivity contribution in [1.29, 1.82) is 0 Å². The molecule has 0 radical (unpaired) electrons. The van der Waals surface area contributed by atoms with Gasteiger partial charge in [0.15, 0.2) is 0 Å². The molecule has 0 amide bonds. The SMILES string of the molecule is CC(C)COCCNC(C)C(C)(C)O. The van der Waals surface area contributed by atoms with Crippen molar-refractivity contribution in [3.8, 4) is 0 Å². The summed E-state index contributed by atoms with van der Waals surface area (Å²) in [5.41, 5.74) is -0.669. The van der Waals surface area contributed by atoms with Gasteiger partial charge in [-0.25, -0.2) is 0 Å². The summed E-state index contributed by atoms with van der Waals surface area (Å²) in [7, 11) is 0. The van der Waals surface area contributed by atoms with Gasteiger partial charge in [0.2, 0.25) is 0 Å². The number of nitrogens with one attached hydrogen (secondary N) is 1. The summed E-state index contributed by atoms with van der Waals surface area (Å²) in [4.78, 5) is 0. The predicted molar refractivity (Wildman–Crippen MR) is 59.4 cm³/mol. The predicted octanol–water partition coefficient (Wildman–Crippen LogP) is 1.41. The quantitative estimate of drug-likeness (QED) is 0.615. The Hall–Kier alpha value is -0.120. The lowest BCUT2D eigenvalue weighted by Crippen LogP contribution is -2.45. The zero-order valence-corrected chi connectivity index (χ0v) is 10.1. The van der Waals surface area contributed by atoms with Crippen molar-refractivity contribution in [3.63, 3.8) is 0 Å². The van der Waals surface area contributed by atoms with E-state index in [2.05, 4.69) is 19.2 Å². The largest absolute Gasteiger partial charge is 0.389 e. The third-order valence-electron chi connectivity index (χ3n) is 2.21. The van der Waals surface area contributed by atoms with E-state index in [1.54, 1.807) is 13.8 Å². The average Bonchev–Trinajstić information content (AvgIpc) is 2.01. The second-order valence-electron chi connectivity index (χ2n) is 4.80. The Morgan fingerprint density at radius 3 is 2.29 bits per heavy atom. The summed E-state index contributed by atoms with van der Waals surface area (Å²) in [6, 6.07) is 0.0881. The van der Waals surface area contributed by atoms with Gasteiger partial charge in [0.25, 0.3) is 0 Å². The number of hydrogen-bond acceptors (Lipinski definition) is 3. The maximum absolute atomic E-state index is 9.63. The van der Waals surface area contributed by atoms with E-state index in [0.717, 1.165) is 13.2 Å². The summed E-state index contributed by atoms with van der Waals surface area (Å²) in [5.74, 6) is 0.585. The maximum atomic E-state index is 9.63. The first kappa shape index (κ1) is 13.9. The number of rotatable bonds is 7. The molecule has 86 valence electrons. The van der Waals surface area contributed by atoms with Crippen molar-refractivity contribution in [1.82, 2.24) is 5.32 Å². The van der Waals surface area contributed by atoms with Gasteiger partial charge in [-0.2, -0.15) is 0 Å². The molecule has 3 nitrogen and oxygen atoms in total. The number of ether oxygens (including phenoxy) is 1. The lowest BCUT2D eigenvalue weighted by molar-refractivity contribution is 0.0386. The molecule has 14 heavy (non-hydrogen) atoms. The Morgan fingerprint density at radius 2 is 1.86 bits per heavy atom. The highest BCUT2D eigenvalue weighted by Gasteiger charge is 2.20. The summed E-state index contributed by atoms with van der Waals surface area (Å²) < 4.78 is 5.41. The Morgan fingerprint density at radius 1 is 1.29 bits per heavy atom. The Labute approximate surface area is 87.8 Å². The molecule has 0 saturated carbocycles. The fourth-order valence-corrected chi connectivity index (χ4v) is 0.916. The van der Waals surface area contributed by atoms with Gasteiger partial charge in [-0.3, -0.25) is 0 Å². The Kier molecular flexibility index (Phi) is 6.33. The maximum Gasteiger partial charge on any atom is 0.0741 e. The van der Waals surface area contributed by atoms with Crippen LogP contribution in [0.15, 0.2) is 0 Å². The molecular weight excluding hydrogens is 178 g/mol. The molecule has 3 heteroatoms. The van der Waals surface area contributed by atoms with Crippen LogP contribution in [-0.2, 0) is 4.74 Å². The number of hydrogen-bond donors (Lipinski definition) is 2. The standard InChI is InChI=1S/C11H25NO2/c1-9(2)8-14-7-6-12-10(3)11(4,5)13/h9-10,12-13H,6-8H2,1-5H3. The van der Waals surface area contributed by atoms with Crippen LogP contribution < -0.4 is 5.32 Å². The van der Waals surface area contributed by atoms with E-state index < -0.39 is 5.60 Å². The van der Waals surface area contributed by atoms with E-state index in [0.29, 0.717) is 12.5 Å². The van der Waals surface area contributed by atoms with Crippen LogP contribution in [0.1, 0.15) is 34.6 Å². The van der Waals surface area contributed by atoms with Crippen molar-refractivity contribution in [2.75, 3.05) is 19.8 Å². The first-order chi connectivity index (χ1) is 6.34. The van der Waals surface area contributed by atoms with Crippen LogP contribution in [0.25, 0.3) is 0 Å². The summed E-state index contributed by atoms with van der Waals surface area (Å²) in [6.45, 7) is 12.1. The Balaban J connectivity index is 3.37. The van der Waals surface area contributed by atoms with Crippen molar-refractivity contribution in [3.05, 3.63) is 0 Å². The highest BCUT2D eigenvalue weighted by atomic mass is 16.5. The normalized spacial score (nSPS) is 14.8. The molecule has 0 aliphatic rings. The molecule has 0 aliphatic carbocycles. The summed E-state index contributed by atoms with van der Waals surface area (Å²) in [5, 5.41) is 12.8. The molecule has 0 aromatic heterocycles. The first-order valence-electron chi connectivity index (χ1n) is 5.37. The van der Waals surface area contributed by atoms with E-state index in [1.165, 1.54) is 0 Å². The minimum absolute atomic E-state index is 0.0881. The molecular formula is C11H25NO2. The van der Waals surface area contributed by atoms with Gasteiger partial charge in [-0.15, -0.1) is 0 Å². The monoisotopic (exact) mass is 203 g/mol. The van der Waals surface area contributed by atoms with E-state index in [4.69, 9.17) is 4.74 Å². The van der Waals surface area contributed by atoms with Crippen LogP contribution in [0.4, 0.5) is 0 Å². The second kappa shape index (κ2) is 6.38. The van der Waals surface area contributed by atoms with Gasteiger partial charge in [0.1, 0.15) is 0 Å². The average molecular weight is 203 g/mol. The highest BCUT2D eigenvalue weighted by molar-refractivity contribution is 4.79. The van der Waals surface area contributed by atoms with Crippen molar-refractivity contribution >= 4 is 0 Å². The molecule has 0 saturated heterocycles. The molecule has 0 aliphatic heterocycles. The van der Waals surface area contributed by atoms with Crippen LogP contribution >= 0.6 is 0 Å². The zero-order chi connectivity index (χ0) is 11.2. The first-order valence-corrected chi connectivity index (χ1v) is 5.37. The molecule has 0 bridgehead atoms. The molecule has 0 aromatic rings. The van der Waals surface area contributed by atoms with Crippen molar-refractivity contribution < 1.29 is 9.84 Å². The molecule has 2 N–H and O–H groups in total. The zero-order valence-electron chi connectivity index (χ0n) is 10.1. The summed E-state index contributed by atoms with van der Waals surface area (Å²) >= 11 is 0. The number of aliphatic hydroxyl groups is 1. The second-order valence-corrected chi connectivity index (χ2v) is 4.80. The van der Waals surface area contributed by atoms with Gasteiger partial charge >= 0.3 is 0 Å². The topological polar surface area (TPSA) is 41.5 Å². The fraction of sp³-hybridized carbons (Fsp3) is 1.00. The van der Waals surface area contributed by atoms with Crippen LogP contribution in [-0.4, -0.2) is 36.5 Å². The van der Waals surface area contributed by atoms with Gasteiger partial charge < -0.3 is 15.2 Å². The van der Waals surface area contributed by atoms with Crippen molar-refractivity contribution in [2.24, 2.45) is 5.92 Å². The van der Waals surface area contributed by atoms with E-state index in [9.17, 15) is 5.11 Å². The highest BCUT2D eigenvalue weighted by Crippen LogP contribution is 2.06. The van der Waals surface area contributed by atoms with Gasteiger partial charge in [0.05, 0.1) is 12.2 Å². The van der Waals surface area contributed by atoms with Crippen LogP contribution in [0.3, 0.4) is 0 Å². The molecule has 0 heterocycles. The molecule has 0 rings (SSSR count). The lowest BCUT2D eigenvalue weighted by Gasteiger charge is -2.26. The minimum atomic E-state index is -0.669.